The molecule has 8 nitrogen and oxygen atoms in total. The second-order valence-corrected chi connectivity index (χ2v) is 7.78. The standard InChI is InChI=1S/C20H20N4O4/c25-17-4-3-16(18(26)22-17)24-19(27)14-2-1-11(5-15(14)20(24)28)8-23-9-12-6-21-7-13(12)10-23/h1-2,5,16,21H,3-4,6-10H2,(H,22,25,26). The van der Waals surface area contributed by atoms with E-state index in [2.05, 4.69) is 15.5 Å². The van der Waals surface area contributed by atoms with Gasteiger partial charge in [-0.2, -0.15) is 0 Å². The second-order valence-electron chi connectivity index (χ2n) is 7.78. The van der Waals surface area contributed by atoms with Crippen molar-refractivity contribution in [1.29, 1.82) is 0 Å². The van der Waals surface area contributed by atoms with Crippen molar-refractivity contribution in [3.05, 3.63) is 46.0 Å². The fraction of sp³-hybridized carbons (Fsp3) is 0.400. The monoisotopic (exact) mass is 380 g/mol. The van der Waals surface area contributed by atoms with Crippen LogP contribution in [0.2, 0.25) is 0 Å². The summed E-state index contributed by atoms with van der Waals surface area (Å²) in [6.45, 7) is 4.46. The lowest BCUT2D eigenvalue weighted by molar-refractivity contribution is -0.136. The van der Waals surface area contributed by atoms with E-state index in [1.807, 2.05) is 6.07 Å². The highest BCUT2D eigenvalue weighted by molar-refractivity contribution is 6.23. The third-order valence-corrected chi connectivity index (χ3v) is 5.92. The van der Waals surface area contributed by atoms with Crippen molar-refractivity contribution in [2.24, 2.45) is 0 Å². The third-order valence-electron chi connectivity index (χ3n) is 5.92. The van der Waals surface area contributed by atoms with Gasteiger partial charge in [0.15, 0.2) is 0 Å². The van der Waals surface area contributed by atoms with Crippen LogP contribution in [0.25, 0.3) is 0 Å². The number of carbonyl (C=O) groups is 4. The second kappa shape index (κ2) is 6.35. The van der Waals surface area contributed by atoms with Gasteiger partial charge in [0.05, 0.1) is 11.1 Å². The SMILES string of the molecule is O=C1CCC(N2C(=O)c3ccc(CN4CC5=C(CNC5)C4)cc3C2=O)C(=O)N1. The van der Waals surface area contributed by atoms with Crippen molar-refractivity contribution in [3.8, 4) is 0 Å². The van der Waals surface area contributed by atoms with Crippen molar-refractivity contribution < 1.29 is 19.2 Å². The average molecular weight is 380 g/mol. The summed E-state index contributed by atoms with van der Waals surface area (Å²) in [5, 5.41) is 5.57. The van der Waals surface area contributed by atoms with E-state index in [0.717, 1.165) is 36.6 Å². The Bertz CT molecular complexity index is 951. The number of hydrogen-bond acceptors (Lipinski definition) is 6. The van der Waals surface area contributed by atoms with Crippen LogP contribution in [0.5, 0.6) is 0 Å². The molecule has 4 aliphatic rings. The Balaban J connectivity index is 1.35. The molecule has 8 heteroatoms. The molecule has 0 radical (unpaired) electrons. The maximum Gasteiger partial charge on any atom is 0.262 e. The van der Waals surface area contributed by atoms with Crippen LogP contribution >= 0.6 is 0 Å². The third kappa shape index (κ3) is 2.68. The largest absolute Gasteiger partial charge is 0.309 e. The molecule has 4 heterocycles. The molecule has 28 heavy (non-hydrogen) atoms. The maximum absolute atomic E-state index is 12.9. The Labute approximate surface area is 161 Å². The number of rotatable bonds is 3. The summed E-state index contributed by atoms with van der Waals surface area (Å²) < 4.78 is 0. The minimum atomic E-state index is -0.924. The predicted octanol–water partition coefficient (Wildman–Crippen LogP) is -0.197. The zero-order chi connectivity index (χ0) is 19.4. The number of imide groups is 2. The molecule has 144 valence electrons. The number of carbonyl (C=O) groups excluding carboxylic acids is 4. The van der Waals surface area contributed by atoms with Crippen LogP contribution in [0, 0.1) is 0 Å². The molecule has 0 aliphatic carbocycles. The minimum absolute atomic E-state index is 0.122. The Morgan fingerprint density at radius 3 is 2.39 bits per heavy atom. The minimum Gasteiger partial charge on any atom is -0.309 e. The topological polar surface area (TPSA) is 98.8 Å². The van der Waals surface area contributed by atoms with E-state index in [9.17, 15) is 19.2 Å². The highest BCUT2D eigenvalue weighted by Crippen LogP contribution is 2.29. The van der Waals surface area contributed by atoms with Crippen molar-refractivity contribution in [2.45, 2.75) is 25.4 Å². The molecule has 1 fully saturated rings. The van der Waals surface area contributed by atoms with Crippen LogP contribution in [0.15, 0.2) is 29.3 Å². The summed E-state index contributed by atoms with van der Waals surface area (Å²) in [4.78, 5) is 52.5. The van der Waals surface area contributed by atoms with Crippen LogP contribution < -0.4 is 10.6 Å². The molecule has 0 bridgehead atoms. The number of hydrogen-bond donors (Lipinski definition) is 2. The van der Waals surface area contributed by atoms with Gasteiger partial charge in [0.2, 0.25) is 11.8 Å². The lowest BCUT2D eigenvalue weighted by atomic mass is 10.0. The molecule has 1 aromatic rings. The number of nitrogens with one attached hydrogen (secondary N) is 2. The van der Waals surface area contributed by atoms with Crippen LogP contribution in [-0.2, 0) is 16.1 Å². The molecule has 1 saturated heterocycles. The first kappa shape index (κ1) is 17.3. The van der Waals surface area contributed by atoms with Crippen molar-refractivity contribution in [3.63, 3.8) is 0 Å². The number of fused-ring (bicyclic) bond motifs is 1. The first-order chi connectivity index (χ1) is 13.5. The van der Waals surface area contributed by atoms with E-state index in [1.165, 1.54) is 11.1 Å². The van der Waals surface area contributed by atoms with Gasteiger partial charge in [-0.3, -0.25) is 34.3 Å². The molecule has 0 spiro atoms. The number of amides is 4. The summed E-state index contributed by atoms with van der Waals surface area (Å²) >= 11 is 0. The fourth-order valence-electron chi connectivity index (χ4n) is 4.53. The summed E-state index contributed by atoms with van der Waals surface area (Å²) in [7, 11) is 0. The van der Waals surface area contributed by atoms with E-state index in [-0.39, 0.29) is 18.7 Å². The Kier molecular flexibility index (Phi) is 3.92. The summed E-state index contributed by atoms with van der Waals surface area (Å²) in [5.74, 6) is -1.88. The Morgan fingerprint density at radius 2 is 1.68 bits per heavy atom. The first-order valence-electron chi connectivity index (χ1n) is 9.48. The van der Waals surface area contributed by atoms with Crippen molar-refractivity contribution in [2.75, 3.05) is 26.2 Å². The van der Waals surface area contributed by atoms with Crippen LogP contribution in [0.4, 0.5) is 0 Å². The van der Waals surface area contributed by atoms with Crippen LogP contribution in [0.1, 0.15) is 39.1 Å². The van der Waals surface area contributed by atoms with Crippen LogP contribution in [-0.4, -0.2) is 65.6 Å². The summed E-state index contributed by atoms with van der Waals surface area (Å²) in [5.41, 5.74) is 4.55. The predicted molar refractivity (Wildman–Crippen MR) is 98.3 cm³/mol. The molecule has 1 unspecified atom stereocenters. The van der Waals surface area contributed by atoms with Gasteiger partial charge in [-0.15, -0.1) is 0 Å². The normalized spacial score (nSPS) is 24.9. The molecule has 1 aromatic carbocycles. The maximum atomic E-state index is 12.9. The van der Waals surface area contributed by atoms with E-state index in [1.54, 1.807) is 12.1 Å². The van der Waals surface area contributed by atoms with Crippen LogP contribution in [0.3, 0.4) is 0 Å². The lowest BCUT2D eigenvalue weighted by Crippen LogP contribution is -2.54. The number of nitrogens with zero attached hydrogens (tertiary/aromatic N) is 2. The van der Waals surface area contributed by atoms with Gasteiger partial charge in [-0.05, 0) is 35.3 Å². The zero-order valence-electron chi connectivity index (χ0n) is 15.3. The van der Waals surface area contributed by atoms with Crippen molar-refractivity contribution in [1.82, 2.24) is 20.4 Å². The molecule has 4 amide bonds. The van der Waals surface area contributed by atoms with E-state index in [4.69, 9.17) is 0 Å². The summed E-state index contributed by atoms with van der Waals surface area (Å²) in [6, 6.07) is 4.39. The summed E-state index contributed by atoms with van der Waals surface area (Å²) in [6.07, 6.45) is 0.290. The number of piperidine rings is 1. The first-order valence-corrected chi connectivity index (χ1v) is 9.48. The zero-order valence-corrected chi connectivity index (χ0v) is 15.3. The molecule has 2 N–H and O–H groups in total. The number of benzene rings is 1. The molecule has 0 aromatic heterocycles. The molecular weight excluding hydrogens is 360 g/mol. The Morgan fingerprint density at radius 1 is 0.964 bits per heavy atom. The molecule has 4 aliphatic heterocycles. The molecule has 0 saturated carbocycles. The quantitative estimate of drug-likeness (QED) is 0.557. The van der Waals surface area contributed by atoms with E-state index >= 15 is 0 Å². The van der Waals surface area contributed by atoms with Gasteiger partial charge in [0.1, 0.15) is 6.04 Å². The smallest absolute Gasteiger partial charge is 0.262 e. The molecular formula is C20H20N4O4. The van der Waals surface area contributed by atoms with E-state index in [0.29, 0.717) is 17.7 Å². The van der Waals surface area contributed by atoms with E-state index < -0.39 is 23.8 Å². The highest BCUT2D eigenvalue weighted by Gasteiger charge is 2.44. The van der Waals surface area contributed by atoms with Gasteiger partial charge < -0.3 is 5.32 Å². The highest BCUT2D eigenvalue weighted by atomic mass is 16.2. The van der Waals surface area contributed by atoms with Gasteiger partial charge in [0, 0.05) is 39.1 Å². The van der Waals surface area contributed by atoms with Gasteiger partial charge in [-0.1, -0.05) is 6.07 Å². The van der Waals surface area contributed by atoms with Gasteiger partial charge in [0.25, 0.3) is 11.8 Å². The van der Waals surface area contributed by atoms with Gasteiger partial charge in [-0.25, -0.2) is 0 Å². The van der Waals surface area contributed by atoms with Gasteiger partial charge >= 0.3 is 0 Å². The van der Waals surface area contributed by atoms with Crippen molar-refractivity contribution >= 4 is 23.6 Å². The Hall–Kier alpha value is -2.84. The lowest BCUT2D eigenvalue weighted by Gasteiger charge is -2.27. The molecule has 1 atom stereocenters. The average Bonchev–Trinajstić information content (AvgIpc) is 3.30. The molecule has 5 rings (SSSR count). The fourth-order valence-corrected chi connectivity index (χ4v) is 4.53.